The van der Waals surface area contributed by atoms with Crippen molar-refractivity contribution >= 4 is 17.9 Å². The molecule has 0 aliphatic carbocycles. The van der Waals surface area contributed by atoms with Crippen molar-refractivity contribution in [2.24, 2.45) is 0 Å². The summed E-state index contributed by atoms with van der Waals surface area (Å²) in [7, 11) is 0. The van der Waals surface area contributed by atoms with E-state index in [1.807, 2.05) is 0 Å². The molecule has 0 saturated carbocycles. The predicted molar refractivity (Wildman–Crippen MR) is 109 cm³/mol. The maximum absolute atomic E-state index is 10.7. The summed E-state index contributed by atoms with van der Waals surface area (Å²) in [6.07, 6.45) is 0. The van der Waals surface area contributed by atoms with Gasteiger partial charge in [0.2, 0.25) is 0 Å². The molecule has 0 aromatic heterocycles. The van der Waals surface area contributed by atoms with Crippen molar-refractivity contribution in [2.75, 3.05) is 0 Å². The summed E-state index contributed by atoms with van der Waals surface area (Å²) in [6, 6.07) is 4.69. The molecule has 0 fully saturated rings. The molecule has 16 heteroatoms. The first-order valence-corrected chi connectivity index (χ1v) is 8.95. The summed E-state index contributed by atoms with van der Waals surface area (Å²) < 4.78 is 0. The Morgan fingerprint density at radius 1 is 0.432 bits per heavy atom. The Kier molecular flexibility index (Phi) is 11.4. The average molecular weight is 600 g/mol. The first-order valence-electron chi connectivity index (χ1n) is 8.95. The molecular weight excluding hydrogens is 585 g/mol. The zero-order valence-corrected chi connectivity index (χ0v) is 20.1. The summed E-state index contributed by atoms with van der Waals surface area (Å²) in [6.45, 7) is 0. The molecule has 0 unspecified atom stereocenters. The van der Waals surface area contributed by atoms with E-state index in [0.717, 1.165) is 36.4 Å². The summed E-state index contributed by atoms with van der Waals surface area (Å²) in [5.41, 5.74) is -0.987. The molecule has 0 spiro atoms. The van der Waals surface area contributed by atoms with Crippen LogP contribution in [0, 0.1) is 0 Å². The zero-order valence-electron chi connectivity index (χ0n) is 17.9. The number of rotatable bonds is 3. The van der Waals surface area contributed by atoms with Gasteiger partial charge in [0.05, 0.1) is 16.7 Å². The smallest absolute Gasteiger partial charge is 0.867 e. The van der Waals surface area contributed by atoms with Crippen LogP contribution in [0.4, 0.5) is 0 Å². The van der Waals surface area contributed by atoms with Crippen molar-refractivity contribution < 1.29 is 98.0 Å². The molecule has 3 aromatic rings. The minimum Gasteiger partial charge on any atom is -0.867 e. The number of hydrogen-bond acceptors (Lipinski definition) is 12. The number of carboxylic acid groups (broad SMARTS) is 3. The molecule has 0 atom stereocenters. The van der Waals surface area contributed by atoms with Crippen LogP contribution in [-0.2, 0) is 22.4 Å². The molecule has 194 valence electrons. The Bertz CT molecular complexity index is 1090. The second kappa shape index (κ2) is 13.2. The maximum Gasteiger partial charge on any atom is 3.00 e. The van der Waals surface area contributed by atoms with Gasteiger partial charge in [0.1, 0.15) is 34.5 Å². The predicted octanol–water partition coefficient (Wildman–Crippen LogP) is -0.394. The van der Waals surface area contributed by atoms with Gasteiger partial charge in [0.25, 0.3) is 0 Å². The Hall–Kier alpha value is -4.99. The van der Waals surface area contributed by atoms with Crippen molar-refractivity contribution in [1.82, 2.24) is 0 Å². The van der Waals surface area contributed by atoms with Gasteiger partial charge in [-0.3, -0.25) is 0 Å². The molecule has 9 N–H and O–H groups in total. The number of aromatic carboxylic acids is 3. The fraction of sp³-hybridized carbons (Fsp3) is 0. The van der Waals surface area contributed by atoms with Crippen molar-refractivity contribution in [3.8, 4) is 51.7 Å². The van der Waals surface area contributed by atoms with Gasteiger partial charge in [-0.2, -0.15) is 0 Å². The fourth-order valence-electron chi connectivity index (χ4n) is 2.17. The van der Waals surface area contributed by atoms with Gasteiger partial charge in [-0.05, 0) is 53.6 Å². The molecule has 3 aromatic carbocycles. The number of aromatic hydroxyl groups is 6. The minimum absolute atomic E-state index is 0. The number of carboxylic acids is 3. The first-order chi connectivity index (χ1) is 16.6. The quantitative estimate of drug-likeness (QED) is 0.173. The SMILES string of the molecule is O=C(O)c1cc(O)c([O-])c(O)c1.O=C(O)c1cc(O)c([O-])c(O)c1.O=C(O)c1cc(O)c([O-])c(O)c1.[Nb+3]. The van der Waals surface area contributed by atoms with E-state index >= 15 is 0 Å². The Balaban J connectivity index is 0.000000518. The molecule has 3 rings (SSSR count). The van der Waals surface area contributed by atoms with Crippen LogP contribution < -0.4 is 15.3 Å². The fourth-order valence-corrected chi connectivity index (χ4v) is 2.17. The largest absolute Gasteiger partial charge is 3.00 e. The number of phenolic OH excluding ortho intramolecular Hbond substituents is 6. The normalized spacial score (nSPS) is 9.41. The maximum atomic E-state index is 10.7. The molecule has 0 aliphatic rings. The minimum atomic E-state index is -1.32. The van der Waals surface area contributed by atoms with Gasteiger partial charge in [-0.1, -0.05) is 0 Å². The van der Waals surface area contributed by atoms with E-state index in [9.17, 15) is 29.7 Å². The van der Waals surface area contributed by atoms with Crippen molar-refractivity contribution in [3.05, 3.63) is 53.1 Å². The Morgan fingerprint density at radius 3 is 0.676 bits per heavy atom. The van der Waals surface area contributed by atoms with Gasteiger partial charge in [-0.25, -0.2) is 14.4 Å². The summed E-state index contributed by atoms with van der Waals surface area (Å²) in [5.74, 6) is -11.5. The van der Waals surface area contributed by atoms with Crippen LogP contribution >= 0.6 is 0 Å². The molecule has 37 heavy (non-hydrogen) atoms. The standard InChI is InChI=1S/3C7H6O5.Nb/c3*8-4-1-3(7(11)12)2-5(9)6(4)10;/h3*1-2,8-10H,(H,11,12);/q;;;+3/p-3. The van der Waals surface area contributed by atoms with Gasteiger partial charge >= 0.3 is 40.3 Å². The van der Waals surface area contributed by atoms with Gasteiger partial charge in [0, 0.05) is 0 Å². The third-order valence-corrected chi connectivity index (χ3v) is 3.89. The molecule has 0 bridgehead atoms. The molecule has 0 aliphatic heterocycles. The number of carbonyl (C=O) groups is 3. The monoisotopic (exact) mass is 600 g/mol. The van der Waals surface area contributed by atoms with Gasteiger partial charge < -0.3 is 61.3 Å². The van der Waals surface area contributed by atoms with Crippen LogP contribution in [0.5, 0.6) is 51.7 Å². The summed E-state index contributed by atoms with van der Waals surface area (Å²) in [5, 5.41) is 110. The van der Waals surface area contributed by atoms with E-state index in [1.54, 1.807) is 0 Å². The topological polar surface area (TPSA) is 302 Å². The van der Waals surface area contributed by atoms with Gasteiger partial charge in [0.15, 0.2) is 0 Å². The van der Waals surface area contributed by atoms with Crippen LogP contribution in [0.15, 0.2) is 36.4 Å². The average Bonchev–Trinajstić information content (AvgIpc) is 2.79. The molecular formula is C21H15NbO15. The van der Waals surface area contributed by atoms with Crippen LogP contribution in [0.1, 0.15) is 31.1 Å². The van der Waals surface area contributed by atoms with Crippen LogP contribution in [0.2, 0.25) is 0 Å². The van der Waals surface area contributed by atoms with E-state index < -0.39 is 69.7 Å². The van der Waals surface area contributed by atoms with E-state index in [2.05, 4.69) is 0 Å². The molecule has 0 heterocycles. The summed E-state index contributed by atoms with van der Waals surface area (Å²) in [4.78, 5) is 30.9. The van der Waals surface area contributed by atoms with E-state index in [0.29, 0.717) is 0 Å². The Labute approximate surface area is 220 Å². The zero-order chi connectivity index (χ0) is 27.9. The van der Waals surface area contributed by atoms with E-state index in [-0.39, 0.29) is 39.1 Å². The molecule has 0 amide bonds. The number of phenols is 6. The third-order valence-electron chi connectivity index (χ3n) is 3.89. The summed E-state index contributed by atoms with van der Waals surface area (Å²) >= 11 is 0. The van der Waals surface area contributed by atoms with Crippen LogP contribution in [-0.4, -0.2) is 63.9 Å². The second-order valence-electron chi connectivity index (χ2n) is 6.45. The van der Waals surface area contributed by atoms with E-state index in [4.69, 9.17) is 46.0 Å². The van der Waals surface area contributed by atoms with Crippen molar-refractivity contribution in [1.29, 1.82) is 0 Å². The van der Waals surface area contributed by atoms with Crippen molar-refractivity contribution in [3.63, 3.8) is 0 Å². The third kappa shape index (κ3) is 8.62. The second-order valence-corrected chi connectivity index (χ2v) is 6.45. The molecule has 0 radical (unpaired) electrons. The van der Waals surface area contributed by atoms with Crippen molar-refractivity contribution in [2.45, 2.75) is 0 Å². The van der Waals surface area contributed by atoms with Crippen LogP contribution in [0.25, 0.3) is 0 Å². The Morgan fingerprint density at radius 2 is 0.568 bits per heavy atom. The number of benzene rings is 3. The molecule has 0 saturated heterocycles. The molecule has 15 nitrogen and oxygen atoms in total. The first kappa shape index (κ1) is 32.0. The number of hydrogen-bond donors (Lipinski definition) is 9. The van der Waals surface area contributed by atoms with Crippen LogP contribution in [0.3, 0.4) is 0 Å². The van der Waals surface area contributed by atoms with E-state index in [1.165, 1.54) is 0 Å². The van der Waals surface area contributed by atoms with Gasteiger partial charge in [-0.15, -0.1) is 0 Å².